The van der Waals surface area contributed by atoms with Gasteiger partial charge in [-0.1, -0.05) is 6.42 Å². The summed E-state index contributed by atoms with van der Waals surface area (Å²) in [5.74, 6) is 2.30. The molecule has 1 saturated carbocycles. The number of fused-ring (bicyclic) bond motifs is 1. The highest BCUT2D eigenvalue weighted by Crippen LogP contribution is 2.39. The molecule has 0 bridgehead atoms. The molecule has 5 heteroatoms. The van der Waals surface area contributed by atoms with Gasteiger partial charge in [0, 0.05) is 43.2 Å². The highest BCUT2D eigenvalue weighted by Gasteiger charge is 2.40. The first-order valence-corrected chi connectivity index (χ1v) is 9.48. The first kappa shape index (κ1) is 14.5. The largest absolute Gasteiger partial charge is 0.348 e. The number of carbonyl (C=O) groups is 1. The molecule has 2 aliphatic heterocycles. The van der Waals surface area contributed by atoms with Crippen molar-refractivity contribution in [3.05, 3.63) is 11.1 Å². The summed E-state index contributed by atoms with van der Waals surface area (Å²) in [5.41, 5.74) is 0. The molecule has 3 heterocycles. The Bertz CT molecular complexity index is 538. The molecule has 2 unspecified atom stereocenters. The monoisotopic (exact) mass is 319 g/mol. The SMILES string of the molecule is Cc1cnc(N2CCC(C(=O)N3CC4CCCC4C3)CC2)s1. The van der Waals surface area contributed by atoms with E-state index in [4.69, 9.17) is 0 Å². The standard InChI is InChI=1S/C17H25N3OS/c1-12-9-18-17(22-12)19-7-5-13(6-8-19)16(21)20-10-14-3-2-4-15(14)11-20/h9,13-15H,2-8,10-11H2,1H3. The number of hydrogen-bond donors (Lipinski definition) is 0. The lowest BCUT2D eigenvalue weighted by molar-refractivity contribution is -0.135. The van der Waals surface area contributed by atoms with Crippen LogP contribution in [0.3, 0.4) is 0 Å². The van der Waals surface area contributed by atoms with Crippen LogP contribution in [0, 0.1) is 24.7 Å². The third-order valence-electron chi connectivity index (χ3n) is 5.76. The summed E-state index contributed by atoms with van der Waals surface area (Å²) in [6.07, 6.45) is 7.99. The minimum absolute atomic E-state index is 0.246. The van der Waals surface area contributed by atoms with E-state index >= 15 is 0 Å². The Morgan fingerprint density at radius 3 is 2.45 bits per heavy atom. The van der Waals surface area contributed by atoms with Crippen LogP contribution >= 0.6 is 11.3 Å². The van der Waals surface area contributed by atoms with Crippen molar-refractivity contribution in [3.8, 4) is 0 Å². The molecule has 1 amide bonds. The number of hydrogen-bond acceptors (Lipinski definition) is 4. The zero-order chi connectivity index (χ0) is 15.1. The molecule has 1 aromatic rings. The van der Waals surface area contributed by atoms with E-state index in [-0.39, 0.29) is 5.92 Å². The van der Waals surface area contributed by atoms with E-state index in [0.717, 1.165) is 56.0 Å². The highest BCUT2D eigenvalue weighted by atomic mass is 32.1. The molecule has 0 N–H and O–H groups in total. The number of likely N-dealkylation sites (tertiary alicyclic amines) is 1. The van der Waals surface area contributed by atoms with Gasteiger partial charge in [0.05, 0.1) is 0 Å². The number of aryl methyl sites for hydroxylation is 1. The van der Waals surface area contributed by atoms with Crippen molar-refractivity contribution in [2.24, 2.45) is 17.8 Å². The molecule has 2 saturated heterocycles. The summed E-state index contributed by atoms with van der Waals surface area (Å²) in [4.78, 5) is 23.0. The predicted octanol–water partition coefficient (Wildman–Crippen LogP) is 2.93. The highest BCUT2D eigenvalue weighted by molar-refractivity contribution is 7.15. The van der Waals surface area contributed by atoms with E-state index in [2.05, 4.69) is 21.7 Å². The second-order valence-corrected chi connectivity index (χ2v) is 8.42. The third kappa shape index (κ3) is 2.64. The van der Waals surface area contributed by atoms with Crippen LogP contribution in [0.25, 0.3) is 0 Å². The molecule has 120 valence electrons. The molecule has 4 rings (SSSR count). The number of aromatic nitrogens is 1. The first-order valence-electron chi connectivity index (χ1n) is 8.67. The summed E-state index contributed by atoms with van der Waals surface area (Å²) in [6.45, 7) is 6.13. The van der Waals surface area contributed by atoms with Gasteiger partial charge in [0.2, 0.25) is 5.91 Å². The maximum Gasteiger partial charge on any atom is 0.225 e. The van der Waals surface area contributed by atoms with Crippen LogP contribution in [0.15, 0.2) is 6.20 Å². The van der Waals surface area contributed by atoms with Crippen molar-refractivity contribution in [1.82, 2.24) is 9.88 Å². The van der Waals surface area contributed by atoms with E-state index in [0.29, 0.717) is 5.91 Å². The fourth-order valence-electron chi connectivity index (χ4n) is 4.48. The Morgan fingerprint density at radius 1 is 1.18 bits per heavy atom. The molecule has 0 radical (unpaired) electrons. The fraction of sp³-hybridized carbons (Fsp3) is 0.765. The molecule has 2 atom stereocenters. The van der Waals surface area contributed by atoms with Crippen LogP contribution in [0.4, 0.5) is 5.13 Å². The molecule has 3 fully saturated rings. The summed E-state index contributed by atoms with van der Waals surface area (Å²) in [5, 5.41) is 1.12. The Hall–Kier alpha value is -1.10. The molecular formula is C17H25N3OS. The Kier molecular flexibility index (Phi) is 3.84. The van der Waals surface area contributed by atoms with Crippen LogP contribution in [0.5, 0.6) is 0 Å². The van der Waals surface area contributed by atoms with Gasteiger partial charge in [0.25, 0.3) is 0 Å². The first-order chi connectivity index (χ1) is 10.7. The fourth-order valence-corrected chi connectivity index (χ4v) is 5.29. The van der Waals surface area contributed by atoms with Gasteiger partial charge < -0.3 is 9.80 Å². The Labute approximate surface area is 136 Å². The van der Waals surface area contributed by atoms with Crippen LogP contribution in [-0.2, 0) is 4.79 Å². The number of thiazole rings is 1. The zero-order valence-corrected chi connectivity index (χ0v) is 14.1. The molecule has 1 aliphatic carbocycles. The van der Waals surface area contributed by atoms with Gasteiger partial charge in [0.15, 0.2) is 5.13 Å². The molecule has 0 aromatic carbocycles. The second kappa shape index (κ2) is 5.84. The smallest absolute Gasteiger partial charge is 0.225 e. The summed E-state index contributed by atoms with van der Waals surface area (Å²) < 4.78 is 0. The maximum atomic E-state index is 12.8. The number of amides is 1. The molecule has 3 aliphatic rings. The normalized spacial score (nSPS) is 29.1. The lowest BCUT2D eigenvalue weighted by atomic mass is 9.95. The Morgan fingerprint density at radius 2 is 1.86 bits per heavy atom. The topological polar surface area (TPSA) is 36.4 Å². The van der Waals surface area contributed by atoms with Crippen LogP contribution in [-0.4, -0.2) is 42.0 Å². The molecule has 22 heavy (non-hydrogen) atoms. The Balaban J connectivity index is 1.32. The van der Waals surface area contributed by atoms with Gasteiger partial charge in [-0.05, 0) is 44.4 Å². The van der Waals surface area contributed by atoms with Gasteiger partial charge >= 0.3 is 0 Å². The van der Waals surface area contributed by atoms with E-state index in [1.807, 2.05) is 6.20 Å². The number of anilines is 1. The van der Waals surface area contributed by atoms with Crippen molar-refractivity contribution in [2.45, 2.75) is 39.0 Å². The van der Waals surface area contributed by atoms with Gasteiger partial charge in [-0.3, -0.25) is 4.79 Å². The van der Waals surface area contributed by atoms with E-state index in [9.17, 15) is 4.79 Å². The third-order valence-corrected chi connectivity index (χ3v) is 6.74. The van der Waals surface area contributed by atoms with Crippen molar-refractivity contribution in [3.63, 3.8) is 0 Å². The maximum absolute atomic E-state index is 12.8. The van der Waals surface area contributed by atoms with Gasteiger partial charge in [-0.15, -0.1) is 11.3 Å². The van der Waals surface area contributed by atoms with Crippen LogP contribution < -0.4 is 4.90 Å². The summed E-state index contributed by atoms with van der Waals surface area (Å²) >= 11 is 1.76. The molecule has 4 nitrogen and oxygen atoms in total. The van der Waals surface area contributed by atoms with Crippen molar-refractivity contribution in [2.75, 3.05) is 31.1 Å². The van der Waals surface area contributed by atoms with Crippen molar-refractivity contribution < 1.29 is 4.79 Å². The lowest BCUT2D eigenvalue weighted by Gasteiger charge is -2.33. The predicted molar refractivity (Wildman–Crippen MR) is 89.2 cm³/mol. The average molecular weight is 319 g/mol. The number of rotatable bonds is 2. The average Bonchev–Trinajstić information content (AvgIpc) is 3.22. The minimum Gasteiger partial charge on any atom is -0.348 e. The van der Waals surface area contributed by atoms with Gasteiger partial charge in [-0.25, -0.2) is 4.98 Å². The number of nitrogens with zero attached hydrogens (tertiary/aromatic N) is 3. The molecule has 1 aromatic heterocycles. The number of piperidine rings is 1. The van der Waals surface area contributed by atoms with Crippen LogP contribution in [0.1, 0.15) is 37.0 Å². The van der Waals surface area contributed by atoms with E-state index < -0.39 is 0 Å². The van der Waals surface area contributed by atoms with Crippen LogP contribution in [0.2, 0.25) is 0 Å². The molecular weight excluding hydrogens is 294 g/mol. The quantitative estimate of drug-likeness (QED) is 0.841. The molecule has 0 spiro atoms. The lowest BCUT2D eigenvalue weighted by Crippen LogP contribution is -2.42. The van der Waals surface area contributed by atoms with E-state index in [1.54, 1.807) is 11.3 Å². The van der Waals surface area contributed by atoms with Gasteiger partial charge in [0.1, 0.15) is 0 Å². The summed E-state index contributed by atoms with van der Waals surface area (Å²) in [6, 6.07) is 0. The minimum atomic E-state index is 0.246. The zero-order valence-electron chi connectivity index (χ0n) is 13.3. The van der Waals surface area contributed by atoms with Crippen molar-refractivity contribution >= 4 is 22.4 Å². The number of carbonyl (C=O) groups excluding carboxylic acids is 1. The summed E-state index contributed by atoms with van der Waals surface area (Å²) in [7, 11) is 0. The van der Waals surface area contributed by atoms with E-state index in [1.165, 1.54) is 24.1 Å². The van der Waals surface area contributed by atoms with Gasteiger partial charge in [-0.2, -0.15) is 0 Å². The van der Waals surface area contributed by atoms with Crippen molar-refractivity contribution in [1.29, 1.82) is 0 Å². The second-order valence-electron chi connectivity index (χ2n) is 7.21.